The molecule has 0 saturated heterocycles. The van der Waals surface area contributed by atoms with Crippen LogP contribution >= 0.6 is 15.9 Å². The van der Waals surface area contributed by atoms with E-state index in [-0.39, 0.29) is 5.69 Å². The first-order valence-corrected chi connectivity index (χ1v) is 7.43. The number of nitrogens with zero attached hydrogens (tertiary/aromatic N) is 3. The van der Waals surface area contributed by atoms with Crippen LogP contribution in [0.2, 0.25) is 0 Å². The van der Waals surface area contributed by atoms with Crippen molar-refractivity contribution in [2.24, 2.45) is 0 Å². The van der Waals surface area contributed by atoms with Crippen LogP contribution in [0.15, 0.2) is 28.7 Å². The summed E-state index contributed by atoms with van der Waals surface area (Å²) in [6.07, 6.45) is 0. The first kappa shape index (κ1) is 15.7. The lowest BCUT2D eigenvalue weighted by Gasteiger charge is -2.18. The summed E-state index contributed by atoms with van der Waals surface area (Å²) in [5.41, 5.74) is 1.51. The third kappa shape index (κ3) is 4.14. The number of ether oxygens (including phenoxy) is 1. The molecule has 0 N–H and O–H groups in total. The summed E-state index contributed by atoms with van der Waals surface area (Å²) in [6, 6.07) is 7.93. The van der Waals surface area contributed by atoms with Crippen LogP contribution in [-0.4, -0.2) is 26.6 Å². The molecule has 1 aromatic heterocycles. The van der Waals surface area contributed by atoms with E-state index in [2.05, 4.69) is 26.2 Å². The molecule has 0 unspecified atom stereocenters. The van der Waals surface area contributed by atoms with Crippen molar-refractivity contribution in [2.45, 2.75) is 39.8 Å². The lowest BCUT2D eigenvalue weighted by Crippen LogP contribution is -2.24. The first-order valence-electron chi connectivity index (χ1n) is 6.64. The zero-order chi connectivity index (χ0) is 15.6. The summed E-state index contributed by atoms with van der Waals surface area (Å²) in [5, 5.41) is 7.98. The molecular weight excluding hydrogens is 334 g/mol. The summed E-state index contributed by atoms with van der Waals surface area (Å²) in [7, 11) is 0. The van der Waals surface area contributed by atoms with Crippen molar-refractivity contribution in [3.8, 4) is 0 Å². The second-order valence-corrected chi connectivity index (χ2v) is 6.73. The molecular formula is C15H18BrN3O2. The Morgan fingerprint density at radius 3 is 2.48 bits per heavy atom. The molecule has 0 amide bonds. The zero-order valence-electron chi connectivity index (χ0n) is 12.6. The minimum absolute atomic E-state index is 0.266. The average molecular weight is 352 g/mol. The van der Waals surface area contributed by atoms with Crippen LogP contribution in [-0.2, 0) is 11.3 Å². The third-order valence-electron chi connectivity index (χ3n) is 2.82. The van der Waals surface area contributed by atoms with Gasteiger partial charge in [0, 0.05) is 4.47 Å². The Morgan fingerprint density at radius 1 is 1.29 bits per heavy atom. The fourth-order valence-corrected chi connectivity index (χ4v) is 2.05. The van der Waals surface area contributed by atoms with Crippen LogP contribution in [0, 0.1) is 6.92 Å². The highest BCUT2D eigenvalue weighted by Gasteiger charge is 2.23. The molecule has 0 atom stereocenters. The minimum Gasteiger partial charge on any atom is -0.455 e. The van der Waals surface area contributed by atoms with Crippen molar-refractivity contribution in [3.63, 3.8) is 0 Å². The molecule has 21 heavy (non-hydrogen) atoms. The van der Waals surface area contributed by atoms with Gasteiger partial charge in [0.25, 0.3) is 0 Å². The van der Waals surface area contributed by atoms with Crippen LogP contribution in [0.5, 0.6) is 0 Å². The second kappa shape index (κ2) is 5.97. The maximum atomic E-state index is 12.0. The third-order valence-corrected chi connectivity index (χ3v) is 3.35. The van der Waals surface area contributed by atoms with Crippen molar-refractivity contribution in [3.05, 3.63) is 45.7 Å². The Labute approximate surface area is 132 Å². The van der Waals surface area contributed by atoms with E-state index in [1.54, 1.807) is 4.68 Å². The van der Waals surface area contributed by atoms with E-state index in [9.17, 15) is 4.79 Å². The fraction of sp³-hybridized carbons (Fsp3) is 0.400. The van der Waals surface area contributed by atoms with Gasteiger partial charge in [-0.05, 0) is 45.4 Å². The van der Waals surface area contributed by atoms with E-state index in [1.165, 1.54) is 0 Å². The maximum Gasteiger partial charge on any atom is 0.361 e. The Bertz CT molecular complexity index is 642. The van der Waals surface area contributed by atoms with E-state index in [0.717, 1.165) is 10.0 Å². The molecule has 0 aliphatic carbocycles. The summed E-state index contributed by atoms with van der Waals surface area (Å²) in [6.45, 7) is 7.86. The average Bonchev–Trinajstić information content (AvgIpc) is 2.72. The molecule has 0 aliphatic rings. The highest BCUT2D eigenvalue weighted by atomic mass is 79.9. The molecule has 112 valence electrons. The molecule has 0 bridgehead atoms. The van der Waals surface area contributed by atoms with Gasteiger partial charge in [-0.1, -0.05) is 33.3 Å². The number of halogens is 1. The lowest BCUT2D eigenvalue weighted by molar-refractivity contribution is 0.00619. The van der Waals surface area contributed by atoms with Gasteiger partial charge in [-0.15, -0.1) is 5.10 Å². The first-order chi connectivity index (χ1) is 9.76. The molecule has 0 aliphatic heterocycles. The van der Waals surface area contributed by atoms with E-state index >= 15 is 0 Å². The van der Waals surface area contributed by atoms with Crippen molar-refractivity contribution in [1.29, 1.82) is 0 Å². The number of hydrogen-bond donors (Lipinski definition) is 0. The van der Waals surface area contributed by atoms with Gasteiger partial charge in [-0.25, -0.2) is 9.48 Å². The van der Waals surface area contributed by atoms with Gasteiger partial charge in [0.2, 0.25) is 0 Å². The normalized spacial score (nSPS) is 11.5. The number of carbonyl (C=O) groups excluding carboxylic acids is 1. The quantitative estimate of drug-likeness (QED) is 0.795. The summed E-state index contributed by atoms with van der Waals surface area (Å²) in [4.78, 5) is 12.0. The SMILES string of the molecule is Cc1c(C(=O)OC(C)(C)C)nnn1Cc1ccc(Br)cc1. The summed E-state index contributed by atoms with van der Waals surface area (Å²) < 4.78 is 8.04. The molecule has 1 heterocycles. The molecule has 5 nitrogen and oxygen atoms in total. The van der Waals surface area contributed by atoms with Gasteiger partial charge in [-0.3, -0.25) is 0 Å². The van der Waals surface area contributed by atoms with Crippen molar-refractivity contribution in [1.82, 2.24) is 15.0 Å². The van der Waals surface area contributed by atoms with Crippen molar-refractivity contribution in [2.75, 3.05) is 0 Å². The van der Waals surface area contributed by atoms with E-state index < -0.39 is 11.6 Å². The highest BCUT2D eigenvalue weighted by molar-refractivity contribution is 9.10. The Hall–Kier alpha value is -1.69. The van der Waals surface area contributed by atoms with Gasteiger partial charge in [0.05, 0.1) is 12.2 Å². The highest BCUT2D eigenvalue weighted by Crippen LogP contribution is 2.15. The number of hydrogen-bond acceptors (Lipinski definition) is 4. The Morgan fingerprint density at radius 2 is 1.90 bits per heavy atom. The molecule has 1 aromatic carbocycles. The molecule has 0 spiro atoms. The van der Waals surface area contributed by atoms with Crippen LogP contribution in [0.25, 0.3) is 0 Å². The number of esters is 1. The van der Waals surface area contributed by atoms with Gasteiger partial charge in [-0.2, -0.15) is 0 Å². The number of rotatable bonds is 3. The van der Waals surface area contributed by atoms with Crippen LogP contribution < -0.4 is 0 Å². The number of carbonyl (C=O) groups is 1. The fourth-order valence-electron chi connectivity index (χ4n) is 1.79. The lowest BCUT2D eigenvalue weighted by atomic mass is 10.2. The Kier molecular flexibility index (Phi) is 4.46. The van der Waals surface area contributed by atoms with Gasteiger partial charge < -0.3 is 4.74 Å². The molecule has 6 heteroatoms. The van der Waals surface area contributed by atoms with Gasteiger partial charge in [0.15, 0.2) is 5.69 Å². The largest absolute Gasteiger partial charge is 0.455 e. The Balaban J connectivity index is 2.17. The van der Waals surface area contributed by atoms with Crippen LogP contribution in [0.3, 0.4) is 0 Å². The molecule has 0 saturated carbocycles. The topological polar surface area (TPSA) is 57.0 Å². The van der Waals surface area contributed by atoms with Gasteiger partial charge >= 0.3 is 5.97 Å². The van der Waals surface area contributed by atoms with Crippen LogP contribution in [0.1, 0.15) is 42.5 Å². The predicted molar refractivity (Wildman–Crippen MR) is 83.2 cm³/mol. The van der Waals surface area contributed by atoms with Crippen molar-refractivity contribution >= 4 is 21.9 Å². The number of aromatic nitrogens is 3. The standard InChI is InChI=1S/C15H18BrN3O2/c1-10-13(14(20)21-15(2,3)4)17-18-19(10)9-11-5-7-12(16)8-6-11/h5-8H,9H2,1-4H3. The number of benzene rings is 1. The molecule has 0 radical (unpaired) electrons. The van der Waals surface area contributed by atoms with Gasteiger partial charge in [0.1, 0.15) is 5.60 Å². The maximum absolute atomic E-state index is 12.0. The minimum atomic E-state index is -0.543. The molecule has 0 fully saturated rings. The van der Waals surface area contributed by atoms with E-state index in [0.29, 0.717) is 12.2 Å². The second-order valence-electron chi connectivity index (χ2n) is 5.81. The van der Waals surface area contributed by atoms with Crippen molar-refractivity contribution < 1.29 is 9.53 Å². The zero-order valence-corrected chi connectivity index (χ0v) is 14.1. The monoisotopic (exact) mass is 351 g/mol. The van der Waals surface area contributed by atoms with Crippen LogP contribution in [0.4, 0.5) is 0 Å². The summed E-state index contributed by atoms with van der Waals surface area (Å²) >= 11 is 3.40. The predicted octanol–water partition coefficient (Wildman–Crippen LogP) is 3.35. The molecule has 2 rings (SSSR count). The van der Waals surface area contributed by atoms with E-state index in [4.69, 9.17) is 4.74 Å². The summed E-state index contributed by atoms with van der Waals surface area (Å²) in [5.74, 6) is -0.443. The molecule has 2 aromatic rings. The smallest absolute Gasteiger partial charge is 0.361 e. The van der Waals surface area contributed by atoms with E-state index in [1.807, 2.05) is 52.0 Å².